The van der Waals surface area contributed by atoms with Gasteiger partial charge >= 0.3 is 5.97 Å². The molecule has 4 rings (SSSR count). The maximum Gasteiger partial charge on any atom is 0.308 e. The van der Waals surface area contributed by atoms with Gasteiger partial charge < -0.3 is 14.5 Å². The SMILES string of the molecule is CC(=O)Oc1ccc(N2CCN(c3ccc(-n4cnnc4)cc3)CC2)cc1. The predicted octanol–water partition coefficient (Wildman–Crippen LogP) is 2.52. The molecule has 3 aromatic rings. The molecule has 138 valence electrons. The van der Waals surface area contributed by atoms with E-state index in [1.165, 1.54) is 12.6 Å². The lowest BCUT2D eigenvalue weighted by Crippen LogP contribution is -2.46. The van der Waals surface area contributed by atoms with E-state index in [-0.39, 0.29) is 5.97 Å². The van der Waals surface area contributed by atoms with Crippen LogP contribution in [0.25, 0.3) is 5.69 Å². The Hall–Kier alpha value is -3.35. The molecule has 0 spiro atoms. The lowest BCUT2D eigenvalue weighted by Gasteiger charge is -2.37. The summed E-state index contributed by atoms with van der Waals surface area (Å²) < 4.78 is 6.98. The monoisotopic (exact) mass is 363 g/mol. The first-order valence-electron chi connectivity index (χ1n) is 8.92. The Labute approximate surface area is 157 Å². The van der Waals surface area contributed by atoms with Crippen molar-refractivity contribution in [2.24, 2.45) is 0 Å². The fraction of sp³-hybridized carbons (Fsp3) is 0.250. The summed E-state index contributed by atoms with van der Waals surface area (Å²) in [6.45, 7) is 5.21. The van der Waals surface area contributed by atoms with Crippen LogP contribution in [0.5, 0.6) is 5.75 Å². The maximum absolute atomic E-state index is 11.0. The highest BCUT2D eigenvalue weighted by Crippen LogP contribution is 2.23. The highest BCUT2D eigenvalue weighted by Gasteiger charge is 2.17. The molecule has 27 heavy (non-hydrogen) atoms. The van der Waals surface area contributed by atoms with Crippen LogP contribution in [-0.2, 0) is 4.79 Å². The number of hydrogen-bond acceptors (Lipinski definition) is 6. The molecule has 1 aromatic heterocycles. The summed E-state index contributed by atoms with van der Waals surface area (Å²) in [6.07, 6.45) is 3.39. The quantitative estimate of drug-likeness (QED) is 0.524. The minimum absolute atomic E-state index is 0.299. The zero-order valence-corrected chi connectivity index (χ0v) is 15.2. The largest absolute Gasteiger partial charge is 0.427 e. The molecule has 0 saturated carbocycles. The van der Waals surface area contributed by atoms with Crippen LogP contribution in [-0.4, -0.2) is 46.9 Å². The summed E-state index contributed by atoms with van der Waals surface area (Å²) in [6, 6.07) is 16.1. The number of rotatable bonds is 4. The zero-order valence-electron chi connectivity index (χ0n) is 15.2. The number of piperazine rings is 1. The number of carbonyl (C=O) groups is 1. The van der Waals surface area contributed by atoms with E-state index in [0.717, 1.165) is 37.6 Å². The summed E-state index contributed by atoms with van der Waals surface area (Å²) in [5, 5.41) is 7.68. The molecule has 2 aromatic carbocycles. The fourth-order valence-electron chi connectivity index (χ4n) is 3.28. The molecule has 0 bridgehead atoms. The normalized spacial score (nSPS) is 14.3. The second-order valence-corrected chi connectivity index (χ2v) is 6.45. The highest BCUT2D eigenvalue weighted by atomic mass is 16.5. The van der Waals surface area contributed by atoms with Crippen molar-refractivity contribution < 1.29 is 9.53 Å². The van der Waals surface area contributed by atoms with E-state index in [9.17, 15) is 4.79 Å². The molecule has 0 N–H and O–H groups in total. The van der Waals surface area contributed by atoms with Crippen LogP contribution in [0.3, 0.4) is 0 Å². The van der Waals surface area contributed by atoms with Crippen LogP contribution >= 0.6 is 0 Å². The number of anilines is 2. The first kappa shape index (κ1) is 17.1. The van der Waals surface area contributed by atoms with Gasteiger partial charge in [0.15, 0.2) is 0 Å². The van der Waals surface area contributed by atoms with Crippen LogP contribution in [0.1, 0.15) is 6.92 Å². The topological polar surface area (TPSA) is 63.5 Å². The van der Waals surface area contributed by atoms with Gasteiger partial charge in [0.05, 0.1) is 0 Å². The average molecular weight is 363 g/mol. The number of nitrogens with zero attached hydrogens (tertiary/aromatic N) is 5. The van der Waals surface area contributed by atoms with Crippen LogP contribution < -0.4 is 14.5 Å². The van der Waals surface area contributed by atoms with Crippen molar-refractivity contribution in [1.82, 2.24) is 14.8 Å². The number of esters is 1. The number of hydrogen-bond donors (Lipinski definition) is 0. The first-order chi connectivity index (χ1) is 13.2. The van der Waals surface area contributed by atoms with Gasteiger partial charge in [-0.1, -0.05) is 0 Å². The van der Waals surface area contributed by atoms with E-state index >= 15 is 0 Å². The number of aromatic nitrogens is 3. The van der Waals surface area contributed by atoms with Crippen molar-refractivity contribution in [1.29, 1.82) is 0 Å². The van der Waals surface area contributed by atoms with Crippen molar-refractivity contribution >= 4 is 17.3 Å². The van der Waals surface area contributed by atoms with Crippen molar-refractivity contribution in [3.63, 3.8) is 0 Å². The Morgan fingerprint density at radius 1 is 0.778 bits per heavy atom. The molecule has 0 aliphatic carbocycles. The molecule has 1 fully saturated rings. The van der Waals surface area contributed by atoms with Crippen LogP contribution in [0, 0.1) is 0 Å². The number of carbonyl (C=O) groups excluding carboxylic acids is 1. The molecular weight excluding hydrogens is 342 g/mol. The van der Waals surface area contributed by atoms with Gasteiger partial charge in [0.25, 0.3) is 0 Å². The molecule has 7 heteroatoms. The summed E-state index contributed by atoms with van der Waals surface area (Å²) >= 11 is 0. The third-order valence-corrected chi connectivity index (χ3v) is 4.67. The van der Waals surface area contributed by atoms with Gasteiger partial charge in [0.1, 0.15) is 18.4 Å². The summed E-state index contributed by atoms with van der Waals surface area (Å²) in [4.78, 5) is 15.7. The third-order valence-electron chi connectivity index (χ3n) is 4.67. The van der Waals surface area contributed by atoms with E-state index < -0.39 is 0 Å². The van der Waals surface area contributed by atoms with Gasteiger partial charge in [-0.05, 0) is 48.5 Å². The van der Waals surface area contributed by atoms with Gasteiger partial charge in [0, 0.05) is 50.2 Å². The lowest BCUT2D eigenvalue weighted by molar-refractivity contribution is -0.131. The van der Waals surface area contributed by atoms with Gasteiger partial charge in [-0.15, -0.1) is 10.2 Å². The molecule has 0 atom stereocenters. The second kappa shape index (κ2) is 7.49. The highest BCUT2D eigenvalue weighted by molar-refractivity contribution is 5.69. The Morgan fingerprint density at radius 3 is 1.70 bits per heavy atom. The Bertz CT molecular complexity index is 883. The summed E-state index contributed by atoms with van der Waals surface area (Å²) in [5.41, 5.74) is 3.42. The van der Waals surface area contributed by atoms with Crippen molar-refractivity contribution in [3.8, 4) is 11.4 Å². The van der Waals surface area contributed by atoms with E-state index in [2.05, 4.69) is 44.3 Å². The minimum atomic E-state index is -0.299. The van der Waals surface area contributed by atoms with Gasteiger partial charge in [-0.2, -0.15) is 0 Å². The van der Waals surface area contributed by atoms with E-state index in [4.69, 9.17) is 4.74 Å². The van der Waals surface area contributed by atoms with Gasteiger partial charge in [0.2, 0.25) is 0 Å². The number of benzene rings is 2. The van der Waals surface area contributed by atoms with Gasteiger partial charge in [-0.25, -0.2) is 0 Å². The van der Waals surface area contributed by atoms with Crippen molar-refractivity contribution in [2.75, 3.05) is 36.0 Å². The average Bonchev–Trinajstić information content (AvgIpc) is 3.23. The van der Waals surface area contributed by atoms with Gasteiger partial charge in [-0.3, -0.25) is 9.36 Å². The Kier molecular flexibility index (Phi) is 4.74. The second-order valence-electron chi connectivity index (χ2n) is 6.45. The maximum atomic E-state index is 11.0. The molecule has 0 radical (unpaired) electrons. The first-order valence-corrected chi connectivity index (χ1v) is 8.92. The lowest BCUT2D eigenvalue weighted by atomic mass is 10.2. The standard InChI is InChI=1S/C20H21N5O2/c1-16(26)27-20-8-6-18(7-9-20)24-12-10-23(11-13-24)17-2-4-19(5-3-17)25-14-21-22-15-25/h2-9,14-15H,10-13H2,1H3. The summed E-state index contributed by atoms with van der Waals surface area (Å²) in [7, 11) is 0. The van der Waals surface area contributed by atoms with E-state index in [1.807, 2.05) is 28.8 Å². The van der Waals surface area contributed by atoms with E-state index in [1.54, 1.807) is 12.7 Å². The van der Waals surface area contributed by atoms with E-state index in [0.29, 0.717) is 5.75 Å². The molecule has 1 aliphatic rings. The summed E-state index contributed by atoms with van der Waals surface area (Å²) in [5.74, 6) is 0.282. The fourth-order valence-corrected chi connectivity index (χ4v) is 3.28. The molecular formula is C20H21N5O2. The molecule has 1 saturated heterocycles. The van der Waals surface area contributed by atoms with Crippen molar-refractivity contribution in [2.45, 2.75) is 6.92 Å². The Morgan fingerprint density at radius 2 is 1.22 bits per heavy atom. The zero-order chi connectivity index (χ0) is 18.6. The smallest absolute Gasteiger partial charge is 0.308 e. The minimum Gasteiger partial charge on any atom is -0.427 e. The molecule has 1 aliphatic heterocycles. The van der Waals surface area contributed by atoms with Crippen LogP contribution in [0.15, 0.2) is 61.2 Å². The van der Waals surface area contributed by atoms with Crippen LogP contribution in [0.2, 0.25) is 0 Å². The molecule has 0 unspecified atom stereocenters. The third kappa shape index (κ3) is 3.92. The van der Waals surface area contributed by atoms with Crippen molar-refractivity contribution in [3.05, 3.63) is 61.2 Å². The molecule has 7 nitrogen and oxygen atoms in total. The Balaban J connectivity index is 1.36. The van der Waals surface area contributed by atoms with Crippen LogP contribution in [0.4, 0.5) is 11.4 Å². The predicted molar refractivity (Wildman–Crippen MR) is 104 cm³/mol. The number of ether oxygens (including phenoxy) is 1. The molecule has 0 amide bonds. The molecule has 2 heterocycles.